The van der Waals surface area contributed by atoms with E-state index in [1.165, 1.54) is 17.7 Å². The molecule has 0 unspecified atom stereocenters. The summed E-state index contributed by atoms with van der Waals surface area (Å²) in [5, 5.41) is 5.93. The summed E-state index contributed by atoms with van der Waals surface area (Å²) in [5.41, 5.74) is 2.24. The van der Waals surface area contributed by atoms with E-state index in [-0.39, 0.29) is 18.3 Å². The average Bonchev–Trinajstić information content (AvgIpc) is 2.54. The van der Waals surface area contributed by atoms with E-state index in [1.54, 1.807) is 12.1 Å². The summed E-state index contributed by atoms with van der Waals surface area (Å²) in [6.07, 6.45) is 1.89. The molecule has 116 valence electrons. The van der Waals surface area contributed by atoms with Gasteiger partial charge >= 0.3 is 0 Å². The molecule has 0 radical (unpaired) electrons. The topological polar surface area (TPSA) is 41.1 Å². The van der Waals surface area contributed by atoms with Crippen molar-refractivity contribution >= 4 is 5.91 Å². The van der Waals surface area contributed by atoms with Gasteiger partial charge in [0.2, 0.25) is 5.91 Å². The fourth-order valence-electron chi connectivity index (χ4n) is 2.15. The van der Waals surface area contributed by atoms with Crippen LogP contribution in [0.25, 0.3) is 0 Å². The summed E-state index contributed by atoms with van der Waals surface area (Å²) >= 11 is 0. The summed E-state index contributed by atoms with van der Waals surface area (Å²) < 4.78 is 12.7. The lowest BCUT2D eigenvalue weighted by molar-refractivity contribution is -0.120. The first-order chi connectivity index (χ1) is 10.7. The maximum absolute atomic E-state index is 12.7. The van der Waals surface area contributed by atoms with Crippen LogP contribution in [0.4, 0.5) is 4.39 Å². The Morgan fingerprint density at radius 1 is 0.955 bits per heavy atom. The maximum Gasteiger partial charge on any atom is 0.233 e. The van der Waals surface area contributed by atoms with Crippen LogP contribution in [0.1, 0.15) is 17.5 Å². The molecule has 0 aliphatic carbocycles. The van der Waals surface area contributed by atoms with Gasteiger partial charge in [-0.05, 0) is 36.1 Å². The number of hydrogen-bond donors (Lipinski definition) is 2. The summed E-state index contributed by atoms with van der Waals surface area (Å²) in [6, 6.07) is 16.5. The standard InChI is InChI=1S/C18H21FN2O/c19-17-10-8-16(9-11-17)13-20-14-18(22)21-12-4-7-15-5-2-1-3-6-15/h1-3,5-6,8-11,20H,4,7,12-14H2,(H,21,22). The fourth-order valence-corrected chi connectivity index (χ4v) is 2.15. The number of carbonyl (C=O) groups is 1. The second kappa shape index (κ2) is 8.95. The van der Waals surface area contributed by atoms with Crippen molar-refractivity contribution in [2.45, 2.75) is 19.4 Å². The van der Waals surface area contributed by atoms with Gasteiger partial charge in [0.15, 0.2) is 0 Å². The Balaban J connectivity index is 1.55. The Morgan fingerprint density at radius 2 is 1.68 bits per heavy atom. The number of hydrogen-bond acceptors (Lipinski definition) is 2. The zero-order valence-corrected chi connectivity index (χ0v) is 12.5. The molecule has 3 nitrogen and oxygen atoms in total. The molecule has 1 amide bonds. The first-order valence-electron chi connectivity index (χ1n) is 7.50. The molecule has 0 spiro atoms. The molecule has 0 heterocycles. The van der Waals surface area contributed by atoms with Crippen molar-refractivity contribution in [3.05, 3.63) is 71.5 Å². The minimum atomic E-state index is -0.250. The molecule has 0 atom stereocenters. The first kappa shape index (κ1) is 16.2. The number of benzene rings is 2. The summed E-state index contributed by atoms with van der Waals surface area (Å²) in [5.74, 6) is -0.268. The third kappa shape index (κ3) is 6.06. The highest BCUT2D eigenvalue weighted by Crippen LogP contribution is 2.02. The Morgan fingerprint density at radius 3 is 2.41 bits per heavy atom. The van der Waals surface area contributed by atoms with Crippen LogP contribution >= 0.6 is 0 Å². The molecule has 2 aromatic carbocycles. The molecule has 0 aliphatic rings. The Hall–Kier alpha value is -2.20. The molecule has 0 saturated carbocycles. The van der Waals surface area contributed by atoms with Gasteiger partial charge in [-0.15, -0.1) is 0 Å². The highest BCUT2D eigenvalue weighted by atomic mass is 19.1. The van der Waals surface area contributed by atoms with Crippen LogP contribution in [0.5, 0.6) is 0 Å². The minimum Gasteiger partial charge on any atom is -0.355 e. The predicted octanol–water partition coefficient (Wildman–Crippen LogP) is 2.66. The first-order valence-corrected chi connectivity index (χ1v) is 7.50. The fraction of sp³-hybridized carbons (Fsp3) is 0.278. The van der Waals surface area contributed by atoms with Gasteiger partial charge in [-0.3, -0.25) is 4.79 Å². The minimum absolute atomic E-state index is 0.0184. The van der Waals surface area contributed by atoms with Crippen LogP contribution in [0.2, 0.25) is 0 Å². The summed E-state index contributed by atoms with van der Waals surface area (Å²) in [7, 11) is 0. The zero-order chi connectivity index (χ0) is 15.6. The van der Waals surface area contributed by atoms with Crippen molar-refractivity contribution in [2.24, 2.45) is 0 Å². The SMILES string of the molecule is O=C(CNCc1ccc(F)cc1)NCCCc1ccccc1. The normalized spacial score (nSPS) is 10.4. The van der Waals surface area contributed by atoms with Crippen molar-refractivity contribution in [1.29, 1.82) is 0 Å². The molecular formula is C18H21FN2O. The van der Waals surface area contributed by atoms with Crippen molar-refractivity contribution < 1.29 is 9.18 Å². The van der Waals surface area contributed by atoms with Gasteiger partial charge in [0, 0.05) is 13.1 Å². The average molecular weight is 300 g/mol. The molecule has 0 aromatic heterocycles. The monoisotopic (exact) mass is 300 g/mol. The third-order valence-corrected chi connectivity index (χ3v) is 3.34. The van der Waals surface area contributed by atoms with Gasteiger partial charge in [0.1, 0.15) is 5.82 Å². The Kier molecular flexibility index (Phi) is 6.58. The maximum atomic E-state index is 12.7. The molecule has 0 bridgehead atoms. The molecule has 2 aromatic rings. The summed E-state index contributed by atoms with van der Waals surface area (Å²) in [4.78, 5) is 11.7. The van der Waals surface area contributed by atoms with Crippen molar-refractivity contribution in [1.82, 2.24) is 10.6 Å². The molecular weight excluding hydrogens is 279 g/mol. The molecule has 2 N–H and O–H groups in total. The number of rotatable bonds is 8. The van der Waals surface area contributed by atoms with E-state index in [4.69, 9.17) is 0 Å². The van der Waals surface area contributed by atoms with E-state index in [2.05, 4.69) is 22.8 Å². The van der Waals surface area contributed by atoms with Crippen LogP contribution < -0.4 is 10.6 Å². The van der Waals surface area contributed by atoms with Crippen molar-refractivity contribution in [3.63, 3.8) is 0 Å². The quantitative estimate of drug-likeness (QED) is 0.736. The summed E-state index contributed by atoms with van der Waals surface area (Å²) in [6.45, 7) is 1.49. The van der Waals surface area contributed by atoms with Crippen LogP contribution in [0.15, 0.2) is 54.6 Å². The third-order valence-electron chi connectivity index (χ3n) is 3.34. The van der Waals surface area contributed by atoms with Crippen LogP contribution in [-0.2, 0) is 17.8 Å². The van der Waals surface area contributed by atoms with Crippen molar-refractivity contribution in [3.8, 4) is 0 Å². The van der Waals surface area contributed by atoms with Gasteiger partial charge in [0.25, 0.3) is 0 Å². The van der Waals surface area contributed by atoms with Gasteiger partial charge in [-0.1, -0.05) is 42.5 Å². The number of halogens is 1. The Bertz CT molecular complexity index is 569. The molecule has 0 saturated heterocycles. The van der Waals surface area contributed by atoms with Gasteiger partial charge in [-0.25, -0.2) is 4.39 Å². The van der Waals surface area contributed by atoms with E-state index < -0.39 is 0 Å². The predicted molar refractivity (Wildman–Crippen MR) is 85.9 cm³/mol. The van der Waals surface area contributed by atoms with Crippen LogP contribution in [-0.4, -0.2) is 19.0 Å². The molecule has 2 rings (SSSR count). The molecule has 0 fully saturated rings. The van der Waals surface area contributed by atoms with Gasteiger partial charge in [0.05, 0.1) is 6.54 Å². The van der Waals surface area contributed by atoms with Crippen LogP contribution in [0, 0.1) is 5.82 Å². The van der Waals surface area contributed by atoms with E-state index in [1.807, 2.05) is 18.2 Å². The highest BCUT2D eigenvalue weighted by Gasteiger charge is 2.00. The zero-order valence-electron chi connectivity index (χ0n) is 12.5. The van der Waals surface area contributed by atoms with E-state index >= 15 is 0 Å². The largest absolute Gasteiger partial charge is 0.355 e. The second-order valence-corrected chi connectivity index (χ2v) is 5.17. The van der Waals surface area contributed by atoms with Crippen molar-refractivity contribution in [2.75, 3.05) is 13.1 Å². The Labute approximate surface area is 130 Å². The molecule has 4 heteroatoms. The van der Waals surface area contributed by atoms with E-state index in [0.29, 0.717) is 13.1 Å². The van der Waals surface area contributed by atoms with Gasteiger partial charge < -0.3 is 10.6 Å². The lowest BCUT2D eigenvalue weighted by atomic mass is 10.1. The van der Waals surface area contributed by atoms with E-state index in [9.17, 15) is 9.18 Å². The number of aryl methyl sites for hydroxylation is 1. The van der Waals surface area contributed by atoms with Crippen LogP contribution in [0.3, 0.4) is 0 Å². The second-order valence-electron chi connectivity index (χ2n) is 5.17. The number of nitrogens with one attached hydrogen (secondary N) is 2. The lowest BCUT2D eigenvalue weighted by Crippen LogP contribution is -2.34. The number of carbonyl (C=O) groups excluding carboxylic acids is 1. The lowest BCUT2D eigenvalue weighted by Gasteiger charge is -2.07. The van der Waals surface area contributed by atoms with E-state index in [0.717, 1.165) is 18.4 Å². The molecule has 22 heavy (non-hydrogen) atoms. The smallest absolute Gasteiger partial charge is 0.233 e. The van der Waals surface area contributed by atoms with Gasteiger partial charge in [-0.2, -0.15) is 0 Å². The highest BCUT2D eigenvalue weighted by molar-refractivity contribution is 5.77. The number of amides is 1. The molecule has 0 aliphatic heterocycles.